The molecule has 1 aromatic heterocycles. The summed E-state index contributed by atoms with van der Waals surface area (Å²) in [5, 5.41) is 8.78. The lowest BCUT2D eigenvalue weighted by Gasteiger charge is -2.03. The number of ether oxygens (including phenoxy) is 1. The molecule has 4 nitrogen and oxygen atoms in total. The van der Waals surface area contributed by atoms with E-state index in [1.165, 1.54) is 6.20 Å². The van der Waals surface area contributed by atoms with Crippen molar-refractivity contribution in [3.05, 3.63) is 18.1 Å². The van der Waals surface area contributed by atoms with Gasteiger partial charge in [-0.1, -0.05) is 13.3 Å². The third-order valence-electron chi connectivity index (χ3n) is 1.57. The maximum absolute atomic E-state index is 8.78. The van der Waals surface area contributed by atoms with Gasteiger partial charge in [0.2, 0.25) is 5.88 Å². The number of unbranched alkanes of at least 4 members (excludes halogenated alkanes) is 1. The van der Waals surface area contributed by atoms with Crippen molar-refractivity contribution < 1.29 is 9.84 Å². The third kappa shape index (κ3) is 3.38. The molecule has 1 rings (SSSR count). The fourth-order valence-electron chi connectivity index (χ4n) is 0.853. The molecule has 0 saturated carbocycles. The van der Waals surface area contributed by atoms with Crippen molar-refractivity contribution in [1.29, 1.82) is 0 Å². The molecule has 0 saturated heterocycles. The van der Waals surface area contributed by atoms with E-state index in [0.717, 1.165) is 12.8 Å². The summed E-state index contributed by atoms with van der Waals surface area (Å²) in [7, 11) is 0. The van der Waals surface area contributed by atoms with Gasteiger partial charge in [-0.2, -0.15) is 0 Å². The summed E-state index contributed by atoms with van der Waals surface area (Å²) in [4.78, 5) is 7.92. The minimum absolute atomic E-state index is 0.0992. The first kappa shape index (κ1) is 9.92. The standard InChI is InChI=1S/C9H14N2O2/c1-2-3-4-13-9-6-10-5-8(7-12)11-9/h5-6,12H,2-4,7H2,1H3. The van der Waals surface area contributed by atoms with Gasteiger partial charge < -0.3 is 9.84 Å². The second kappa shape index (κ2) is 5.48. The van der Waals surface area contributed by atoms with E-state index in [-0.39, 0.29) is 6.61 Å². The zero-order chi connectivity index (χ0) is 9.52. The Hall–Kier alpha value is -1.16. The molecule has 72 valence electrons. The summed E-state index contributed by atoms with van der Waals surface area (Å²) < 4.78 is 5.30. The summed E-state index contributed by atoms with van der Waals surface area (Å²) in [6.45, 7) is 2.65. The molecular weight excluding hydrogens is 168 g/mol. The van der Waals surface area contributed by atoms with Crippen molar-refractivity contribution in [3.8, 4) is 5.88 Å². The van der Waals surface area contributed by atoms with Crippen molar-refractivity contribution in [2.24, 2.45) is 0 Å². The highest BCUT2D eigenvalue weighted by molar-refractivity contribution is 5.07. The predicted molar refractivity (Wildman–Crippen MR) is 48.4 cm³/mol. The molecule has 0 bridgehead atoms. The highest BCUT2D eigenvalue weighted by atomic mass is 16.5. The highest BCUT2D eigenvalue weighted by Gasteiger charge is 1.97. The summed E-state index contributed by atoms with van der Waals surface area (Å²) in [5.74, 6) is 0.486. The Morgan fingerprint density at radius 3 is 3.00 bits per heavy atom. The number of nitrogens with zero attached hydrogens (tertiary/aromatic N) is 2. The number of rotatable bonds is 5. The van der Waals surface area contributed by atoms with E-state index in [9.17, 15) is 0 Å². The third-order valence-corrected chi connectivity index (χ3v) is 1.57. The predicted octanol–water partition coefficient (Wildman–Crippen LogP) is 1.15. The van der Waals surface area contributed by atoms with Gasteiger partial charge in [0.1, 0.15) is 0 Å². The van der Waals surface area contributed by atoms with Gasteiger partial charge in [-0.25, -0.2) is 4.98 Å². The lowest BCUT2D eigenvalue weighted by Crippen LogP contribution is -2.01. The molecule has 1 heterocycles. The van der Waals surface area contributed by atoms with Gasteiger partial charge in [0.25, 0.3) is 0 Å². The van der Waals surface area contributed by atoms with Crippen LogP contribution in [0.25, 0.3) is 0 Å². The van der Waals surface area contributed by atoms with Gasteiger partial charge in [-0.05, 0) is 6.42 Å². The summed E-state index contributed by atoms with van der Waals surface area (Å²) >= 11 is 0. The lowest BCUT2D eigenvalue weighted by atomic mass is 10.4. The zero-order valence-electron chi connectivity index (χ0n) is 7.73. The van der Waals surface area contributed by atoms with Gasteiger partial charge in [-0.15, -0.1) is 0 Å². The molecular formula is C9H14N2O2. The quantitative estimate of drug-likeness (QED) is 0.694. The van der Waals surface area contributed by atoms with Crippen LogP contribution >= 0.6 is 0 Å². The van der Waals surface area contributed by atoms with Crippen LogP contribution in [0.5, 0.6) is 5.88 Å². The van der Waals surface area contributed by atoms with Crippen LogP contribution in [0.4, 0.5) is 0 Å². The smallest absolute Gasteiger partial charge is 0.232 e. The van der Waals surface area contributed by atoms with Crippen molar-refractivity contribution in [2.75, 3.05) is 6.61 Å². The van der Waals surface area contributed by atoms with Crippen LogP contribution < -0.4 is 4.74 Å². The highest BCUT2D eigenvalue weighted by Crippen LogP contribution is 2.05. The monoisotopic (exact) mass is 182 g/mol. The molecule has 0 aliphatic heterocycles. The molecule has 0 spiro atoms. The zero-order valence-corrected chi connectivity index (χ0v) is 7.73. The fraction of sp³-hybridized carbons (Fsp3) is 0.556. The number of aromatic nitrogens is 2. The van der Waals surface area contributed by atoms with Crippen molar-refractivity contribution >= 4 is 0 Å². The summed E-state index contributed by atoms with van der Waals surface area (Å²) in [5.41, 5.74) is 0.536. The SMILES string of the molecule is CCCCOc1cncc(CO)n1. The Labute approximate surface area is 77.6 Å². The second-order valence-electron chi connectivity index (χ2n) is 2.71. The molecule has 4 heteroatoms. The Kier molecular flexibility index (Phi) is 4.18. The van der Waals surface area contributed by atoms with Gasteiger partial charge in [0, 0.05) is 0 Å². The van der Waals surface area contributed by atoms with E-state index >= 15 is 0 Å². The average molecular weight is 182 g/mol. The average Bonchev–Trinajstić information content (AvgIpc) is 2.19. The Bertz CT molecular complexity index is 253. The van der Waals surface area contributed by atoms with Gasteiger partial charge in [0.05, 0.1) is 31.3 Å². The lowest BCUT2D eigenvalue weighted by molar-refractivity contribution is 0.266. The molecule has 1 N–H and O–H groups in total. The topological polar surface area (TPSA) is 55.2 Å². The minimum Gasteiger partial charge on any atom is -0.477 e. The molecule has 0 aromatic carbocycles. The Morgan fingerprint density at radius 2 is 2.31 bits per heavy atom. The second-order valence-corrected chi connectivity index (χ2v) is 2.71. The van der Waals surface area contributed by atoms with Crippen LogP contribution in [0.15, 0.2) is 12.4 Å². The largest absolute Gasteiger partial charge is 0.477 e. The molecule has 0 aliphatic carbocycles. The summed E-state index contributed by atoms with van der Waals surface area (Å²) in [6.07, 6.45) is 5.17. The summed E-state index contributed by atoms with van der Waals surface area (Å²) in [6, 6.07) is 0. The van der Waals surface area contributed by atoms with Gasteiger partial charge >= 0.3 is 0 Å². The maximum atomic E-state index is 8.78. The van der Waals surface area contributed by atoms with E-state index in [2.05, 4.69) is 16.9 Å². The normalized spacial score (nSPS) is 10.0. The number of aliphatic hydroxyl groups excluding tert-OH is 1. The molecule has 0 unspecified atom stereocenters. The molecule has 13 heavy (non-hydrogen) atoms. The molecule has 0 atom stereocenters. The van der Waals surface area contributed by atoms with Crippen LogP contribution in [0.2, 0.25) is 0 Å². The maximum Gasteiger partial charge on any atom is 0.232 e. The van der Waals surface area contributed by atoms with Crippen LogP contribution in [-0.4, -0.2) is 21.7 Å². The first-order valence-electron chi connectivity index (χ1n) is 4.41. The first-order chi connectivity index (χ1) is 6.36. The Balaban J connectivity index is 2.46. The van der Waals surface area contributed by atoms with Crippen molar-refractivity contribution in [2.45, 2.75) is 26.4 Å². The van der Waals surface area contributed by atoms with E-state index in [4.69, 9.17) is 9.84 Å². The fourth-order valence-corrected chi connectivity index (χ4v) is 0.853. The van der Waals surface area contributed by atoms with Crippen LogP contribution in [-0.2, 0) is 6.61 Å². The molecule has 0 radical (unpaired) electrons. The Morgan fingerprint density at radius 1 is 1.46 bits per heavy atom. The van der Waals surface area contributed by atoms with Gasteiger partial charge in [-0.3, -0.25) is 4.98 Å². The minimum atomic E-state index is -0.0992. The van der Waals surface area contributed by atoms with Gasteiger partial charge in [0.15, 0.2) is 0 Å². The molecule has 1 aromatic rings. The first-order valence-corrected chi connectivity index (χ1v) is 4.41. The van der Waals surface area contributed by atoms with Crippen LogP contribution in [0.1, 0.15) is 25.5 Å². The van der Waals surface area contributed by atoms with Crippen molar-refractivity contribution in [3.63, 3.8) is 0 Å². The number of hydrogen-bond acceptors (Lipinski definition) is 4. The van der Waals surface area contributed by atoms with Crippen molar-refractivity contribution in [1.82, 2.24) is 9.97 Å². The van der Waals surface area contributed by atoms with E-state index in [1.807, 2.05) is 0 Å². The number of hydrogen-bond donors (Lipinski definition) is 1. The van der Waals surface area contributed by atoms with Crippen LogP contribution in [0, 0.1) is 0 Å². The van der Waals surface area contributed by atoms with E-state index in [0.29, 0.717) is 18.2 Å². The molecule has 0 aliphatic rings. The van der Waals surface area contributed by atoms with Crippen LogP contribution in [0.3, 0.4) is 0 Å². The van der Waals surface area contributed by atoms with E-state index < -0.39 is 0 Å². The number of aliphatic hydroxyl groups is 1. The van der Waals surface area contributed by atoms with E-state index in [1.54, 1.807) is 6.20 Å². The molecule has 0 fully saturated rings. The molecule has 0 amide bonds.